The van der Waals surface area contributed by atoms with E-state index in [1.165, 1.54) is 18.2 Å². The van der Waals surface area contributed by atoms with Crippen molar-refractivity contribution >= 4 is 17.3 Å². The number of nitrogens with two attached hydrogens (primary N) is 1. The minimum atomic E-state index is -3.00. The van der Waals surface area contributed by atoms with E-state index in [0.717, 1.165) is 0 Å². The molecule has 0 amide bonds. The van der Waals surface area contributed by atoms with Crippen LogP contribution < -0.4 is 11.1 Å². The first-order chi connectivity index (χ1) is 7.48. The van der Waals surface area contributed by atoms with Gasteiger partial charge in [0.15, 0.2) is 0 Å². The van der Waals surface area contributed by atoms with E-state index in [9.17, 15) is 8.78 Å². The van der Waals surface area contributed by atoms with Crippen molar-refractivity contribution in [3.63, 3.8) is 0 Å². The van der Waals surface area contributed by atoms with E-state index in [4.69, 9.17) is 22.6 Å². The maximum atomic E-state index is 12.9. The van der Waals surface area contributed by atoms with Crippen LogP contribution in [0.15, 0.2) is 18.2 Å². The number of alkyl halides is 2. The molecular formula is C10H10ClF2N3. The number of benzene rings is 1. The van der Waals surface area contributed by atoms with Crippen molar-refractivity contribution < 1.29 is 8.78 Å². The summed E-state index contributed by atoms with van der Waals surface area (Å²) >= 11 is 5.70. The molecule has 0 saturated carbocycles. The van der Waals surface area contributed by atoms with Crippen molar-refractivity contribution in [1.29, 1.82) is 5.26 Å². The van der Waals surface area contributed by atoms with Gasteiger partial charge in [-0.25, -0.2) is 8.78 Å². The Balaban J connectivity index is 2.81. The van der Waals surface area contributed by atoms with E-state index < -0.39 is 19.0 Å². The van der Waals surface area contributed by atoms with Crippen LogP contribution >= 0.6 is 11.6 Å². The molecule has 0 aliphatic rings. The molecule has 6 heteroatoms. The smallest absolute Gasteiger partial charge is 0.276 e. The molecular weight excluding hydrogens is 236 g/mol. The van der Waals surface area contributed by atoms with Crippen LogP contribution in [0.4, 0.5) is 14.5 Å². The number of nitriles is 1. The van der Waals surface area contributed by atoms with Gasteiger partial charge in [-0.15, -0.1) is 0 Å². The Kier molecular flexibility index (Phi) is 4.05. The average Bonchev–Trinajstić information content (AvgIpc) is 2.27. The molecule has 1 aromatic carbocycles. The van der Waals surface area contributed by atoms with E-state index in [0.29, 0.717) is 5.02 Å². The first-order valence-corrected chi connectivity index (χ1v) is 4.88. The summed E-state index contributed by atoms with van der Waals surface area (Å²) in [5, 5.41) is 11.6. The molecule has 0 radical (unpaired) electrons. The zero-order valence-corrected chi connectivity index (χ0v) is 9.06. The first kappa shape index (κ1) is 12.7. The number of anilines is 1. The fourth-order valence-corrected chi connectivity index (χ4v) is 1.23. The van der Waals surface area contributed by atoms with E-state index in [1.807, 2.05) is 6.07 Å². The van der Waals surface area contributed by atoms with E-state index in [1.54, 1.807) is 0 Å². The molecule has 1 rings (SSSR count). The molecule has 0 atom stereocenters. The van der Waals surface area contributed by atoms with Gasteiger partial charge in [0.05, 0.1) is 24.3 Å². The molecule has 0 spiro atoms. The molecule has 0 aromatic heterocycles. The lowest BCUT2D eigenvalue weighted by Crippen LogP contribution is -2.35. The zero-order valence-electron chi connectivity index (χ0n) is 8.30. The SMILES string of the molecule is N#Cc1ccc(Cl)cc1NCC(F)(F)CN. The predicted octanol–water partition coefficient (Wildman–Crippen LogP) is 2.22. The summed E-state index contributed by atoms with van der Waals surface area (Å²) in [4.78, 5) is 0. The van der Waals surface area contributed by atoms with Crippen molar-refractivity contribution in [2.75, 3.05) is 18.4 Å². The van der Waals surface area contributed by atoms with Gasteiger partial charge in [-0.05, 0) is 18.2 Å². The molecule has 0 bridgehead atoms. The highest BCUT2D eigenvalue weighted by atomic mass is 35.5. The Hall–Kier alpha value is -1.38. The van der Waals surface area contributed by atoms with Gasteiger partial charge < -0.3 is 11.1 Å². The van der Waals surface area contributed by atoms with Crippen LogP contribution in [-0.4, -0.2) is 19.0 Å². The van der Waals surface area contributed by atoms with Crippen molar-refractivity contribution in [2.24, 2.45) is 5.73 Å². The molecule has 1 aromatic rings. The van der Waals surface area contributed by atoms with Crippen molar-refractivity contribution in [3.8, 4) is 6.07 Å². The van der Waals surface area contributed by atoms with Gasteiger partial charge in [0.25, 0.3) is 5.92 Å². The van der Waals surface area contributed by atoms with E-state index in [2.05, 4.69) is 5.32 Å². The van der Waals surface area contributed by atoms with Crippen LogP contribution in [0.5, 0.6) is 0 Å². The second-order valence-corrected chi connectivity index (χ2v) is 3.65. The third kappa shape index (κ3) is 3.33. The lowest BCUT2D eigenvalue weighted by molar-refractivity contribution is 0.0254. The van der Waals surface area contributed by atoms with Gasteiger partial charge in [0.1, 0.15) is 6.07 Å². The molecule has 3 nitrogen and oxygen atoms in total. The molecule has 0 unspecified atom stereocenters. The highest BCUT2D eigenvalue weighted by molar-refractivity contribution is 6.30. The topological polar surface area (TPSA) is 61.8 Å². The van der Waals surface area contributed by atoms with Gasteiger partial charge in [-0.2, -0.15) is 5.26 Å². The number of hydrogen-bond acceptors (Lipinski definition) is 3. The first-order valence-electron chi connectivity index (χ1n) is 4.50. The molecule has 0 aliphatic heterocycles. The van der Waals surface area contributed by atoms with Crippen LogP contribution in [0.2, 0.25) is 5.02 Å². The Morgan fingerprint density at radius 1 is 1.50 bits per heavy atom. The summed E-state index contributed by atoms with van der Waals surface area (Å²) in [6.45, 7) is -1.37. The Morgan fingerprint density at radius 3 is 2.75 bits per heavy atom. The lowest BCUT2D eigenvalue weighted by atomic mass is 10.2. The second-order valence-electron chi connectivity index (χ2n) is 3.22. The van der Waals surface area contributed by atoms with Crippen LogP contribution in [0.25, 0.3) is 0 Å². The van der Waals surface area contributed by atoms with Crippen LogP contribution in [-0.2, 0) is 0 Å². The molecule has 86 valence electrons. The molecule has 0 saturated heterocycles. The summed E-state index contributed by atoms with van der Waals surface area (Å²) in [7, 11) is 0. The summed E-state index contributed by atoms with van der Waals surface area (Å²) < 4.78 is 25.7. The van der Waals surface area contributed by atoms with E-state index in [-0.39, 0.29) is 11.3 Å². The second kappa shape index (κ2) is 5.10. The molecule has 0 fully saturated rings. The van der Waals surface area contributed by atoms with Crippen molar-refractivity contribution in [1.82, 2.24) is 0 Å². The molecule has 3 N–H and O–H groups in total. The predicted molar refractivity (Wildman–Crippen MR) is 58.7 cm³/mol. The van der Waals surface area contributed by atoms with Crippen molar-refractivity contribution in [3.05, 3.63) is 28.8 Å². The molecule has 0 aliphatic carbocycles. The van der Waals surface area contributed by atoms with Crippen molar-refractivity contribution in [2.45, 2.75) is 5.92 Å². The van der Waals surface area contributed by atoms with Gasteiger partial charge in [-0.3, -0.25) is 0 Å². The highest BCUT2D eigenvalue weighted by Gasteiger charge is 2.26. The Labute approximate surface area is 96.8 Å². The van der Waals surface area contributed by atoms with Crippen LogP contribution in [0, 0.1) is 11.3 Å². The summed E-state index contributed by atoms with van der Waals surface area (Å²) in [6, 6.07) is 6.29. The highest BCUT2D eigenvalue weighted by Crippen LogP contribution is 2.22. The largest absolute Gasteiger partial charge is 0.378 e. The standard InChI is InChI=1S/C10H10ClF2N3/c11-8-2-1-7(4-14)9(3-8)16-6-10(12,13)5-15/h1-3,16H,5-6,15H2. The number of rotatable bonds is 4. The normalized spacial score (nSPS) is 10.9. The van der Waals surface area contributed by atoms with Gasteiger partial charge >= 0.3 is 0 Å². The Bertz CT molecular complexity index is 415. The Morgan fingerprint density at radius 2 is 2.19 bits per heavy atom. The third-order valence-electron chi connectivity index (χ3n) is 1.94. The molecule has 16 heavy (non-hydrogen) atoms. The lowest BCUT2D eigenvalue weighted by Gasteiger charge is -2.16. The van der Waals surface area contributed by atoms with Gasteiger partial charge in [0, 0.05) is 5.02 Å². The van der Waals surface area contributed by atoms with Crippen LogP contribution in [0.1, 0.15) is 5.56 Å². The minimum absolute atomic E-state index is 0.261. The van der Waals surface area contributed by atoms with Gasteiger partial charge in [-0.1, -0.05) is 11.6 Å². The quantitative estimate of drug-likeness (QED) is 0.855. The molecule has 0 heterocycles. The van der Waals surface area contributed by atoms with Crippen LogP contribution in [0.3, 0.4) is 0 Å². The fourth-order valence-electron chi connectivity index (χ4n) is 1.06. The maximum Gasteiger partial charge on any atom is 0.276 e. The average molecular weight is 246 g/mol. The minimum Gasteiger partial charge on any atom is -0.378 e. The number of nitrogens with zero attached hydrogens (tertiary/aromatic N) is 1. The number of hydrogen-bond donors (Lipinski definition) is 2. The summed E-state index contributed by atoms with van der Waals surface area (Å²) in [5.74, 6) is -3.00. The van der Waals surface area contributed by atoms with Gasteiger partial charge in [0.2, 0.25) is 0 Å². The van der Waals surface area contributed by atoms with E-state index >= 15 is 0 Å². The number of halogens is 3. The zero-order chi connectivity index (χ0) is 12.2. The summed E-state index contributed by atoms with van der Waals surface area (Å²) in [6.07, 6.45) is 0. The third-order valence-corrected chi connectivity index (χ3v) is 2.17. The maximum absolute atomic E-state index is 12.9. The number of nitrogens with one attached hydrogen (secondary N) is 1. The monoisotopic (exact) mass is 245 g/mol. The fraction of sp³-hybridized carbons (Fsp3) is 0.300. The summed E-state index contributed by atoms with van der Waals surface area (Å²) in [5.41, 5.74) is 5.43.